The first-order valence-electron chi connectivity index (χ1n) is 19.5. The van der Waals surface area contributed by atoms with E-state index < -0.39 is 0 Å². The Bertz CT molecular complexity index is 2550. The van der Waals surface area contributed by atoms with E-state index >= 15 is 0 Å². The highest BCUT2D eigenvalue weighted by molar-refractivity contribution is 6.11. The van der Waals surface area contributed by atoms with Crippen molar-refractivity contribution in [2.45, 2.75) is 82.7 Å². The van der Waals surface area contributed by atoms with Crippen molar-refractivity contribution >= 4 is 57.0 Å². The van der Waals surface area contributed by atoms with Crippen LogP contribution in [0.4, 0.5) is 0 Å². The molecule has 7 aliphatic rings. The Labute approximate surface area is 300 Å². The van der Waals surface area contributed by atoms with Gasteiger partial charge in [0.25, 0.3) is 0 Å². The zero-order chi connectivity index (χ0) is 33.5. The van der Waals surface area contributed by atoms with E-state index in [0.29, 0.717) is 17.9 Å². The second kappa shape index (κ2) is 11.8. The van der Waals surface area contributed by atoms with Gasteiger partial charge in [0.1, 0.15) is 11.9 Å². The molecule has 0 amide bonds. The van der Waals surface area contributed by atoms with Crippen LogP contribution in [0.3, 0.4) is 0 Å². The molecular formula is C48H44N2O. The molecule has 0 bridgehead atoms. The molecule has 0 fully saturated rings. The van der Waals surface area contributed by atoms with E-state index in [1.165, 1.54) is 77.3 Å². The fourth-order valence-electron chi connectivity index (χ4n) is 10.2. The first-order chi connectivity index (χ1) is 25.3. The summed E-state index contributed by atoms with van der Waals surface area (Å²) in [6, 6.07) is 14.5. The van der Waals surface area contributed by atoms with E-state index in [1.807, 2.05) is 0 Å². The number of nitrogens with zero attached hydrogens (tertiary/aromatic N) is 2. The minimum atomic E-state index is 0.306. The molecule has 2 aromatic carbocycles. The summed E-state index contributed by atoms with van der Waals surface area (Å²) in [5, 5.41) is 5.53. The quantitative estimate of drug-likeness (QED) is 0.199. The molecular weight excluding hydrogens is 621 g/mol. The molecule has 0 saturated heterocycles. The van der Waals surface area contributed by atoms with Gasteiger partial charge < -0.3 is 13.9 Å². The standard InChI is InChI=1S/C48H44N2O/c1-3-12-34(13-4-1)49-43-20-9-7-16-37(43)41-28-31(23-26-44(41)49)32-24-27-45-42(29-32)38-25-22-33(30-46(38)50(45)35-14-5-2-6-15-35)36-18-11-19-40-39-17-8-10-21-47(39)51-48(36)40/h1-3,5,7-8,12,14,16-18,22,24-31,39,47H,4,6,9-11,13,15,19-21,23H2. The summed E-state index contributed by atoms with van der Waals surface area (Å²) in [6.45, 7) is 0. The minimum absolute atomic E-state index is 0.306. The van der Waals surface area contributed by atoms with Crippen LogP contribution in [0.5, 0.6) is 0 Å². The minimum Gasteiger partial charge on any atom is -0.489 e. The van der Waals surface area contributed by atoms with Gasteiger partial charge in [-0.2, -0.15) is 0 Å². The lowest BCUT2D eigenvalue weighted by Gasteiger charge is -2.20. The molecule has 252 valence electrons. The maximum Gasteiger partial charge on any atom is 0.127 e. The van der Waals surface area contributed by atoms with Crippen LogP contribution in [0.2, 0.25) is 0 Å². The molecule has 3 atom stereocenters. The van der Waals surface area contributed by atoms with Crippen LogP contribution < -0.4 is 10.6 Å². The Hall–Kier alpha value is -5.02. The Morgan fingerprint density at radius 3 is 2.43 bits per heavy atom. The average Bonchev–Trinajstić information content (AvgIpc) is 3.85. The molecule has 0 radical (unpaired) electrons. The first-order valence-corrected chi connectivity index (χ1v) is 19.5. The lowest BCUT2D eigenvalue weighted by Crippen LogP contribution is -2.33. The van der Waals surface area contributed by atoms with Crippen LogP contribution in [0, 0.1) is 5.92 Å². The summed E-state index contributed by atoms with van der Waals surface area (Å²) in [5.41, 5.74) is 13.9. The highest BCUT2D eigenvalue weighted by Crippen LogP contribution is 2.48. The molecule has 11 rings (SSSR count). The Balaban J connectivity index is 1.04. The topological polar surface area (TPSA) is 19.1 Å². The van der Waals surface area contributed by atoms with Crippen LogP contribution in [-0.2, 0) is 11.2 Å². The van der Waals surface area contributed by atoms with Gasteiger partial charge in [-0.25, -0.2) is 0 Å². The second-order valence-corrected chi connectivity index (χ2v) is 15.4. The van der Waals surface area contributed by atoms with Gasteiger partial charge in [-0.1, -0.05) is 85.0 Å². The van der Waals surface area contributed by atoms with E-state index in [4.69, 9.17) is 4.74 Å². The molecule has 0 N–H and O–H groups in total. The fraction of sp³-hybridized carbons (Fsp3) is 0.292. The van der Waals surface area contributed by atoms with Crippen molar-refractivity contribution in [3.63, 3.8) is 0 Å². The number of aromatic nitrogens is 2. The molecule has 3 heterocycles. The molecule has 2 aromatic heterocycles. The van der Waals surface area contributed by atoms with Gasteiger partial charge in [-0.3, -0.25) is 0 Å². The molecule has 3 heteroatoms. The third-order valence-corrected chi connectivity index (χ3v) is 12.6. The number of benzene rings is 2. The molecule has 4 aromatic rings. The van der Waals surface area contributed by atoms with Crippen LogP contribution in [0.15, 0.2) is 108 Å². The number of rotatable bonds is 4. The van der Waals surface area contributed by atoms with E-state index in [1.54, 1.807) is 0 Å². The predicted molar refractivity (Wildman–Crippen MR) is 213 cm³/mol. The maximum absolute atomic E-state index is 6.75. The number of fused-ring (bicyclic) bond motifs is 8. The third-order valence-electron chi connectivity index (χ3n) is 12.6. The summed E-state index contributed by atoms with van der Waals surface area (Å²) in [4.78, 5) is 0. The third kappa shape index (κ3) is 4.63. The van der Waals surface area contributed by atoms with Crippen LogP contribution in [0.1, 0.15) is 92.5 Å². The molecule has 0 saturated carbocycles. The number of hydrogen-bond acceptors (Lipinski definition) is 1. The maximum atomic E-state index is 6.75. The molecule has 51 heavy (non-hydrogen) atoms. The highest BCUT2D eigenvalue weighted by Gasteiger charge is 2.38. The van der Waals surface area contributed by atoms with Gasteiger partial charge in [0.2, 0.25) is 0 Å². The number of hydrogen-bond donors (Lipinski definition) is 0. The lowest BCUT2D eigenvalue weighted by atomic mass is 9.82. The zero-order valence-corrected chi connectivity index (χ0v) is 29.3. The van der Waals surface area contributed by atoms with Crippen LogP contribution in [0.25, 0.3) is 57.0 Å². The normalized spacial score (nSPS) is 24.6. The predicted octanol–water partition coefficient (Wildman–Crippen LogP) is 10.5. The van der Waals surface area contributed by atoms with Gasteiger partial charge in [0, 0.05) is 61.4 Å². The van der Waals surface area contributed by atoms with E-state index in [0.717, 1.165) is 76.4 Å². The van der Waals surface area contributed by atoms with Crippen LogP contribution in [-0.4, -0.2) is 15.2 Å². The van der Waals surface area contributed by atoms with E-state index in [9.17, 15) is 0 Å². The lowest BCUT2D eigenvalue weighted by molar-refractivity contribution is 0.123. The van der Waals surface area contributed by atoms with Crippen molar-refractivity contribution < 1.29 is 4.74 Å². The summed E-state index contributed by atoms with van der Waals surface area (Å²) < 4.78 is 11.9. The van der Waals surface area contributed by atoms with Crippen molar-refractivity contribution in [3.8, 4) is 0 Å². The zero-order valence-electron chi connectivity index (χ0n) is 29.3. The smallest absolute Gasteiger partial charge is 0.127 e. The summed E-state index contributed by atoms with van der Waals surface area (Å²) in [7, 11) is 0. The average molecular weight is 665 g/mol. The van der Waals surface area contributed by atoms with Crippen molar-refractivity contribution in [2.24, 2.45) is 5.92 Å². The first kappa shape index (κ1) is 29.7. The number of ether oxygens (including phenoxy) is 1. The van der Waals surface area contributed by atoms with Crippen molar-refractivity contribution in [2.75, 3.05) is 0 Å². The van der Waals surface area contributed by atoms with E-state index in [2.05, 4.69) is 125 Å². The van der Waals surface area contributed by atoms with Crippen LogP contribution >= 0.6 is 0 Å². The van der Waals surface area contributed by atoms with Crippen molar-refractivity contribution in [1.29, 1.82) is 0 Å². The van der Waals surface area contributed by atoms with Gasteiger partial charge in [-0.05, 0) is 118 Å². The summed E-state index contributed by atoms with van der Waals surface area (Å²) in [6.07, 6.45) is 43.2. The van der Waals surface area contributed by atoms with Crippen molar-refractivity contribution in [3.05, 3.63) is 141 Å². The Kier molecular flexibility index (Phi) is 6.85. The Morgan fingerprint density at radius 1 is 0.706 bits per heavy atom. The summed E-state index contributed by atoms with van der Waals surface area (Å²) >= 11 is 0. The Morgan fingerprint density at radius 2 is 1.57 bits per heavy atom. The second-order valence-electron chi connectivity index (χ2n) is 15.4. The molecule has 3 nitrogen and oxygen atoms in total. The van der Waals surface area contributed by atoms with Gasteiger partial charge in [0.15, 0.2) is 0 Å². The molecule has 1 aliphatic heterocycles. The highest BCUT2D eigenvalue weighted by atomic mass is 16.5. The van der Waals surface area contributed by atoms with Gasteiger partial charge >= 0.3 is 0 Å². The largest absolute Gasteiger partial charge is 0.489 e. The van der Waals surface area contributed by atoms with Crippen molar-refractivity contribution in [1.82, 2.24) is 9.13 Å². The molecule has 6 aliphatic carbocycles. The van der Waals surface area contributed by atoms with Gasteiger partial charge in [0.05, 0.1) is 11.0 Å². The summed E-state index contributed by atoms with van der Waals surface area (Å²) in [5.74, 6) is 1.97. The fourth-order valence-corrected chi connectivity index (χ4v) is 10.2. The van der Waals surface area contributed by atoms with E-state index in [-0.39, 0.29) is 0 Å². The monoisotopic (exact) mass is 664 g/mol. The number of allylic oxidation sites excluding steroid dienone is 12. The molecule has 3 unspecified atom stereocenters. The molecule has 0 spiro atoms. The van der Waals surface area contributed by atoms with Gasteiger partial charge in [-0.15, -0.1) is 0 Å². The SMILES string of the molecule is C1=CCCC(n2c3c(c4c2=CCC(c2ccc5c(c2)c2ccc(C6=CCCC7=C6OC6CCC=CC76)cc2n5C2=CC=CCC2)C=4)C=CCC3)=C1.